The van der Waals surface area contributed by atoms with Gasteiger partial charge in [-0.05, 0) is 0 Å². The smallest absolute Gasteiger partial charge is 0.291 e. The van der Waals surface area contributed by atoms with Gasteiger partial charge in [0.25, 0.3) is 5.91 Å². The Labute approximate surface area is 34.3 Å². The molecule has 0 aromatic carbocycles. The number of hydrogen-bond donors (Lipinski definition) is 2. The average molecular weight is 85.1 g/mol. The summed E-state index contributed by atoms with van der Waals surface area (Å²) >= 11 is 0. The van der Waals surface area contributed by atoms with Gasteiger partial charge in [-0.2, -0.15) is 0 Å². The molecular weight excluding hydrogens is 82.0 g/mol. The molecule has 0 aromatic heterocycles. The molecule has 1 rings (SSSR count). The quantitative estimate of drug-likeness (QED) is 0.417. The van der Waals surface area contributed by atoms with E-state index < -0.39 is 5.91 Å². The van der Waals surface area contributed by atoms with Gasteiger partial charge in [0.1, 0.15) is 0 Å². The van der Waals surface area contributed by atoms with Gasteiger partial charge in [0, 0.05) is 0 Å². The largest absolute Gasteiger partial charge is 0.502 e. The van der Waals surface area contributed by atoms with Crippen LogP contribution in [0.3, 0.4) is 0 Å². The van der Waals surface area contributed by atoms with E-state index >= 15 is 0 Å². The molecule has 32 valence electrons. The van der Waals surface area contributed by atoms with E-state index in [4.69, 9.17) is 5.11 Å². The number of aliphatic hydroxyl groups excluding tert-OH is 1. The lowest BCUT2D eigenvalue weighted by molar-refractivity contribution is -0.121. The zero-order chi connectivity index (χ0) is 4.57. The summed E-state index contributed by atoms with van der Waals surface area (Å²) in [5.41, 5.74) is 0. The summed E-state index contributed by atoms with van der Waals surface area (Å²) in [4.78, 5) is 9.80. The summed E-state index contributed by atoms with van der Waals surface area (Å²) in [5, 5.41) is 10.4. The molecule has 0 spiro atoms. The van der Waals surface area contributed by atoms with E-state index in [1.54, 1.807) is 0 Å². The first-order valence-corrected chi connectivity index (χ1v) is 1.51. The van der Waals surface area contributed by atoms with Crippen LogP contribution in [-0.2, 0) is 4.79 Å². The van der Waals surface area contributed by atoms with Crippen LogP contribution < -0.4 is 5.32 Å². The molecule has 3 heteroatoms. The van der Waals surface area contributed by atoms with Crippen LogP contribution >= 0.6 is 0 Å². The number of nitrogens with one attached hydrogen (secondary N) is 1. The zero-order valence-corrected chi connectivity index (χ0v) is 2.93. The van der Waals surface area contributed by atoms with E-state index in [2.05, 4.69) is 5.32 Å². The molecule has 1 aliphatic heterocycles. The second kappa shape index (κ2) is 0.739. The van der Waals surface area contributed by atoms with Gasteiger partial charge in [0.05, 0.1) is 6.20 Å². The molecule has 1 heterocycles. The monoisotopic (exact) mass is 85.0 g/mol. The molecule has 0 radical (unpaired) electrons. The van der Waals surface area contributed by atoms with E-state index in [9.17, 15) is 4.79 Å². The third-order valence-electron chi connectivity index (χ3n) is 0.573. The molecule has 1 aliphatic rings. The molecule has 0 aromatic rings. The van der Waals surface area contributed by atoms with E-state index in [0.717, 1.165) is 0 Å². The molecule has 3 nitrogen and oxygen atoms in total. The van der Waals surface area contributed by atoms with Crippen LogP contribution in [0, 0.1) is 0 Å². The molecule has 0 atom stereocenters. The van der Waals surface area contributed by atoms with Crippen LogP contribution in [0.5, 0.6) is 0 Å². The summed E-state index contributed by atoms with van der Waals surface area (Å²) in [7, 11) is 0. The van der Waals surface area contributed by atoms with Crippen molar-refractivity contribution >= 4 is 5.91 Å². The van der Waals surface area contributed by atoms with Gasteiger partial charge >= 0.3 is 0 Å². The summed E-state index contributed by atoms with van der Waals surface area (Å²) in [6.45, 7) is 0. The van der Waals surface area contributed by atoms with E-state index in [1.807, 2.05) is 0 Å². The first-order valence-electron chi connectivity index (χ1n) is 1.51. The van der Waals surface area contributed by atoms with Gasteiger partial charge in [-0.3, -0.25) is 4.79 Å². The fourth-order valence-electron chi connectivity index (χ4n) is 0.196. The highest BCUT2D eigenvalue weighted by Crippen LogP contribution is 1.93. The lowest BCUT2D eigenvalue weighted by Crippen LogP contribution is -2.29. The number of rotatable bonds is 0. The second-order valence-electron chi connectivity index (χ2n) is 1.00. The predicted octanol–water partition coefficient (Wildman–Crippen LogP) is -0.484. The molecule has 0 bridgehead atoms. The van der Waals surface area contributed by atoms with Crippen molar-refractivity contribution in [3.8, 4) is 0 Å². The molecule has 0 aliphatic carbocycles. The Morgan fingerprint density at radius 2 is 2.33 bits per heavy atom. The fraction of sp³-hybridized carbons (Fsp3) is 0. The Balaban J connectivity index is 2.75. The van der Waals surface area contributed by atoms with Crippen LogP contribution in [0.2, 0.25) is 0 Å². The third kappa shape index (κ3) is 0.190. The van der Waals surface area contributed by atoms with E-state index in [0.29, 0.717) is 0 Å². The molecule has 0 unspecified atom stereocenters. The molecule has 6 heavy (non-hydrogen) atoms. The third-order valence-corrected chi connectivity index (χ3v) is 0.573. The second-order valence-corrected chi connectivity index (χ2v) is 1.00. The van der Waals surface area contributed by atoms with Crippen molar-refractivity contribution in [1.82, 2.24) is 5.32 Å². The van der Waals surface area contributed by atoms with Crippen molar-refractivity contribution in [3.63, 3.8) is 0 Å². The Kier molecular flexibility index (Phi) is 0.395. The number of hydrogen-bond acceptors (Lipinski definition) is 2. The summed E-state index contributed by atoms with van der Waals surface area (Å²) in [6, 6.07) is 0. The SMILES string of the molecule is O=C1NC=C1O. The molecule has 2 N–H and O–H groups in total. The number of carbonyl (C=O) groups is 1. The number of amides is 1. The van der Waals surface area contributed by atoms with E-state index in [1.165, 1.54) is 6.20 Å². The van der Waals surface area contributed by atoms with Crippen molar-refractivity contribution < 1.29 is 9.90 Å². The van der Waals surface area contributed by atoms with Crippen LogP contribution in [0.4, 0.5) is 0 Å². The van der Waals surface area contributed by atoms with Gasteiger partial charge in [0.15, 0.2) is 5.76 Å². The lowest BCUT2D eigenvalue weighted by Gasteiger charge is -2.05. The first-order chi connectivity index (χ1) is 2.80. The normalized spacial score (nSPS) is 18.0. The molecular formula is C3H3NO2. The summed E-state index contributed by atoms with van der Waals surface area (Å²) < 4.78 is 0. The standard InChI is InChI=1S/C3H3NO2/c5-2-1-4-3(2)6/h1,5H,(H,4,6). The maximum absolute atomic E-state index is 9.80. The maximum atomic E-state index is 9.80. The van der Waals surface area contributed by atoms with Gasteiger partial charge in [0.2, 0.25) is 0 Å². The highest BCUT2D eigenvalue weighted by molar-refractivity contribution is 5.97. The minimum atomic E-state index is -0.394. The van der Waals surface area contributed by atoms with Crippen molar-refractivity contribution in [1.29, 1.82) is 0 Å². The number of carbonyl (C=O) groups excluding carboxylic acids is 1. The van der Waals surface area contributed by atoms with Gasteiger partial charge in [-0.25, -0.2) is 0 Å². The fourth-order valence-corrected chi connectivity index (χ4v) is 0.196. The Morgan fingerprint density at radius 3 is 2.33 bits per heavy atom. The minimum absolute atomic E-state index is 0.185. The Hall–Kier alpha value is -0.990. The highest BCUT2D eigenvalue weighted by atomic mass is 16.3. The van der Waals surface area contributed by atoms with Crippen molar-refractivity contribution in [2.75, 3.05) is 0 Å². The number of aliphatic hydroxyl groups is 1. The first kappa shape index (κ1) is 3.21. The van der Waals surface area contributed by atoms with Gasteiger partial charge < -0.3 is 10.4 Å². The predicted molar refractivity (Wildman–Crippen MR) is 18.9 cm³/mol. The van der Waals surface area contributed by atoms with E-state index in [-0.39, 0.29) is 5.76 Å². The average Bonchev–Trinajstić information content (AvgIpc) is 1.61. The molecule has 0 saturated carbocycles. The molecule has 0 fully saturated rings. The topological polar surface area (TPSA) is 49.3 Å². The Bertz CT molecular complexity index is 116. The summed E-state index contributed by atoms with van der Waals surface area (Å²) in [5.74, 6) is -0.579. The van der Waals surface area contributed by atoms with Crippen molar-refractivity contribution in [2.24, 2.45) is 0 Å². The van der Waals surface area contributed by atoms with Crippen LogP contribution in [0.15, 0.2) is 12.0 Å². The zero-order valence-electron chi connectivity index (χ0n) is 2.93. The minimum Gasteiger partial charge on any atom is -0.502 e. The van der Waals surface area contributed by atoms with Crippen LogP contribution in [-0.4, -0.2) is 11.0 Å². The van der Waals surface area contributed by atoms with Crippen LogP contribution in [0.1, 0.15) is 0 Å². The lowest BCUT2D eigenvalue weighted by atomic mass is 10.4. The molecule has 1 amide bonds. The molecule has 0 saturated heterocycles. The van der Waals surface area contributed by atoms with Gasteiger partial charge in [-0.15, -0.1) is 0 Å². The van der Waals surface area contributed by atoms with Crippen molar-refractivity contribution in [3.05, 3.63) is 12.0 Å². The summed E-state index contributed by atoms with van der Waals surface area (Å²) in [6.07, 6.45) is 1.24. The highest BCUT2D eigenvalue weighted by Gasteiger charge is 2.12. The van der Waals surface area contributed by atoms with Crippen molar-refractivity contribution in [2.45, 2.75) is 0 Å². The maximum Gasteiger partial charge on any atom is 0.291 e. The van der Waals surface area contributed by atoms with Gasteiger partial charge in [-0.1, -0.05) is 0 Å². The Morgan fingerprint density at radius 1 is 1.83 bits per heavy atom. The van der Waals surface area contributed by atoms with Crippen LogP contribution in [0.25, 0.3) is 0 Å².